The Kier molecular flexibility index (Phi) is 4.47. The van der Waals surface area contributed by atoms with Gasteiger partial charge in [0, 0.05) is 0 Å². The highest BCUT2D eigenvalue weighted by Crippen LogP contribution is 1.97. The van der Waals surface area contributed by atoms with E-state index in [0.717, 1.165) is 0 Å². The lowest BCUT2D eigenvalue weighted by atomic mass is 10.2. The number of ketones is 1. The third-order valence-electron chi connectivity index (χ3n) is 1.36. The number of Topliss-reactive ketones (excluding diaryl/α,β-unsaturated/α-hetero) is 1. The molecule has 0 aliphatic heterocycles. The highest BCUT2D eigenvalue weighted by Gasteiger charge is 2.22. The number of carboxylic acids is 1. The van der Waals surface area contributed by atoms with E-state index in [9.17, 15) is 14.4 Å². The highest BCUT2D eigenvalue weighted by molar-refractivity contribution is 7.82. The topological polar surface area (TPSA) is 83.5 Å². The van der Waals surface area contributed by atoms with Crippen LogP contribution in [0.2, 0.25) is 0 Å². The van der Waals surface area contributed by atoms with Gasteiger partial charge in [-0.1, -0.05) is 0 Å². The summed E-state index contributed by atoms with van der Waals surface area (Å²) < 4.78 is 0. The van der Waals surface area contributed by atoms with Gasteiger partial charge in [0.15, 0.2) is 5.78 Å². The van der Waals surface area contributed by atoms with E-state index in [0.29, 0.717) is 0 Å². The molecule has 0 aromatic carbocycles. The number of aliphatic carboxylic acids is 1. The zero-order valence-electron chi connectivity index (χ0n) is 7.27. The summed E-state index contributed by atoms with van der Waals surface area (Å²) >= 11 is 3.71. The monoisotopic (exact) mass is 205 g/mol. The van der Waals surface area contributed by atoms with Crippen molar-refractivity contribution in [2.45, 2.75) is 25.1 Å². The van der Waals surface area contributed by atoms with Crippen molar-refractivity contribution in [3.63, 3.8) is 0 Å². The first-order chi connectivity index (χ1) is 5.86. The molecular weight excluding hydrogens is 194 g/mol. The number of rotatable bonds is 4. The third kappa shape index (κ3) is 3.93. The smallest absolute Gasteiger partial charge is 0.325 e. The van der Waals surface area contributed by atoms with Crippen molar-refractivity contribution in [2.24, 2.45) is 0 Å². The predicted octanol–water partition coefficient (Wildman–Crippen LogP) is -0.537. The summed E-state index contributed by atoms with van der Waals surface area (Å²) in [6, 6.07) is -1.01. The van der Waals surface area contributed by atoms with Crippen molar-refractivity contribution in [1.29, 1.82) is 0 Å². The second-order valence-electron chi connectivity index (χ2n) is 2.58. The van der Waals surface area contributed by atoms with E-state index >= 15 is 0 Å². The summed E-state index contributed by atoms with van der Waals surface area (Å²) in [6.07, 6.45) is 0. The molecule has 0 fully saturated rings. The van der Waals surface area contributed by atoms with E-state index in [-0.39, 0.29) is 0 Å². The first-order valence-corrected chi connectivity index (χ1v) is 4.09. The van der Waals surface area contributed by atoms with Crippen LogP contribution < -0.4 is 5.32 Å². The van der Waals surface area contributed by atoms with Gasteiger partial charge in [0.1, 0.15) is 11.3 Å². The average Bonchev–Trinajstić information content (AvgIpc) is 2.02. The Morgan fingerprint density at radius 3 is 2.15 bits per heavy atom. The van der Waals surface area contributed by atoms with Crippen molar-refractivity contribution >= 4 is 30.3 Å². The first kappa shape index (κ1) is 12.0. The van der Waals surface area contributed by atoms with Crippen LogP contribution in [0.5, 0.6) is 0 Å². The summed E-state index contributed by atoms with van der Waals surface area (Å²) in [4.78, 5) is 32.0. The SMILES string of the molecule is CC(=O)C(S)C(=O)NC(C)C(=O)O. The van der Waals surface area contributed by atoms with Crippen LogP contribution in [0, 0.1) is 0 Å². The zero-order chi connectivity index (χ0) is 10.6. The second-order valence-corrected chi connectivity index (χ2v) is 3.10. The van der Waals surface area contributed by atoms with Crippen LogP contribution in [-0.2, 0) is 14.4 Å². The molecule has 5 nitrogen and oxygen atoms in total. The molecule has 74 valence electrons. The number of carbonyl (C=O) groups is 3. The van der Waals surface area contributed by atoms with Crippen LogP contribution in [-0.4, -0.2) is 34.1 Å². The van der Waals surface area contributed by atoms with Gasteiger partial charge in [-0.3, -0.25) is 14.4 Å². The minimum atomic E-state index is -1.16. The molecule has 0 aromatic heterocycles. The van der Waals surface area contributed by atoms with Gasteiger partial charge in [-0.15, -0.1) is 0 Å². The Labute approximate surface area is 80.9 Å². The predicted molar refractivity (Wildman–Crippen MR) is 48.7 cm³/mol. The van der Waals surface area contributed by atoms with Crippen molar-refractivity contribution in [1.82, 2.24) is 5.32 Å². The van der Waals surface area contributed by atoms with Crippen molar-refractivity contribution in [3.05, 3.63) is 0 Å². The molecular formula is C7H11NO4S. The minimum absolute atomic E-state index is 0.418. The van der Waals surface area contributed by atoms with Crippen molar-refractivity contribution < 1.29 is 19.5 Å². The Morgan fingerprint density at radius 2 is 1.85 bits per heavy atom. The maximum Gasteiger partial charge on any atom is 0.325 e. The fourth-order valence-electron chi connectivity index (χ4n) is 0.539. The van der Waals surface area contributed by atoms with E-state index in [1.165, 1.54) is 13.8 Å². The molecule has 2 atom stereocenters. The molecule has 0 rings (SSSR count). The fraction of sp³-hybridized carbons (Fsp3) is 0.571. The van der Waals surface area contributed by atoms with Gasteiger partial charge in [0.25, 0.3) is 0 Å². The quantitative estimate of drug-likeness (QED) is 0.425. The van der Waals surface area contributed by atoms with E-state index in [2.05, 4.69) is 17.9 Å². The standard InChI is InChI=1S/C7H11NO4S/c1-3(7(11)12)8-6(10)5(13)4(2)9/h3,5,13H,1-2H3,(H,8,10)(H,11,12). The number of nitrogens with one attached hydrogen (secondary N) is 1. The normalized spacial score (nSPS) is 14.4. The van der Waals surface area contributed by atoms with Crippen LogP contribution in [0.1, 0.15) is 13.8 Å². The lowest BCUT2D eigenvalue weighted by Gasteiger charge is -2.11. The highest BCUT2D eigenvalue weighted by atomic mass is 32.1. The lowest BCUT2D eigenvalue weighted by Crippen LogP contribution is -2.44. The molecule has 2 unspecified atom stereocenters. The maximum absolute atomic E-state index is 11.0. The van der Waals surface area contributed by atoms with Gasteiger partial charge >= 0.3 is 5.97 Å². The summed E-state index contributed by atoms with van der Waals surface area (Å²) in [6.45, 7) is 2.52. The number of carbonyl (C=O) groups excluding carboxylic acids is 2. The van der Waals surface area contributed by atoms with Crippen LogP contribution in [0.3, 0.4) is 0 Å². The Morgan fingerprint density at radius 1 is 1.38 bits per heavy atom. The maximum atomic E-state index is 11.0. The van der Waals surface area contributed by atoms with E-state index in [1.807, 2.05) is 0 Å². The summed E-state index contributed by atoms with van der Waals surface area (Å²) in [5.41, 5.74) is 0. The van der Waals surface area contributed by atoms with Gasteiger partial charge < -0.3 is 10.4 Å². The van der Waals surface area contributed by atoms with Gasteiger partial charge in [0.05, 0.1) is 0 Å². The first-order valence-electron chi connectivity index (χ1n) is 3.58. The molecule has 0 saturated carbocycles. The fourth-order valence-corrected chi connectivity index (χ4v) is 0.613. The molecule has 0 aromatic rings. The number of carboxylic acid groups (broad SMARTS) is 1. The van der Waals surface area contributed by atoms with Crippen LogP contribution >= 0.6 is 12.6 Å². The lowest BCUT2D eigenvalue weighted by molar-refractivity contribution is -0.141. The molecule has 0 bridgehead atoms. The molecule has 0 aliphatic rings. The van der Waals surface area contributed by atoms with Gasteiger partial charge in [-0.05, 0) is 13.8 Å². The van der Waals surface area contributed by atoms with E-state index in [4.69, 9.17) is 5.11 Å². The largest absolute Gasteiger partial charge is 0.480 e. The zero-order valence-corrected chi connectivity index (χ0v) is 8.17. The van der Waals surface area contributed by atoms with Gasteiger partial charge in [-0.2, -0.15) is 12.6 Å². The minimum Gasteiger partial charge on any atom is -0.480 e. The Bertz CT molecular complexity index is 241. The summed E-state index contributed by atoms with van der Waals surface area (Å²) in [7, 11) is 0. The van der Waals surface area contributed by atoms with E-state index < -0.39 is 29.0 Å². The third-order valence-corrected chi connectivity index (χ3v) is 1.96. The molecule has 2 N–H and O–H groups in total. The number of thiol groups is 1. The number of hydrogen-bond acceptors (Lipinski definition) is 4. The van der Waals surface area contributed by atoms with Gasteiger partial charge in [0.2, 0.25) is 5.91 Å². The number of amides is 1. The van der Waals surface area contributed by atoms with Crippen LogP contribution in [0.15, 0.2) is 0 Å². The van der Waals surface area contributed by atoms with E-state index in [1.54, 1.807) is 0 Å². The summed E-state index contributed by atoms with van der Waals surface area (Å²) in [5, 5.41) is 9.46. The molecule has 0 radical (unpaired) electrons. The number of hydrogen-bond donors (Lipinski definition) is 3. The molecule has 6 heteroatoms. The Balaban J connectivity index is 4.15. The summed E-state index contributed by atoms with van der Waals surface area (Å²) in [5.74, 6) is -2.26. The Hall–Kier alpha value is -1.04. The van der Waals surface area contributed by atoms with Crippen LogP contribution in [0.4, 0.5) is 0 Å². The molecule has 0 aliphatic carbocycles. The van der Waals surface area contributed by atoms with Crippen molar-refractivity contribution in [2.75, 3.05) is 0 Å². The van der Waals surface area contributed by atoms with Crippen LogP contribution in [0.25, 0.3) is 0 Å². The second kappa shape index (κ2) is 4.86. The molecule has 0 heterocycles. The average molecular weight is 205 g/mol. The molecule has 0 spiro atoms. The van der Waals surface area contributed by atoms with Gasteiger partial charge in [-0.25, -0.2) is 0 Å². The molecule has 1 amide bonds. The molecule has 13 heavy (non-hydrogen) atoms. The van der Waals surface area contributed by atoms with Crippen molar-refractivity contribution in [3.8, 4) is 0 Å². The molecule has 0 saturated heterocycles.